The molecular formula is C12H13Cl3N2S. The molecule has 18 heavy (non-hydrogen) atoms. The van der Waals surface area contributed by atoms with Gasteiger partial charge in [-0.2, -0.15) is 0 Å². The van der Waals surface area contributed by atoms with Crippen LogP contribution in [0.15, 0.2) is 23.6 Å². The molecule has 0 atom stereocenters. The highest BCUT2D eigenvalue weighted by Gasteiger charge is 2.08. The van der Waals surface area contributed by atoms with Crippen LogP contribution in [0.3, 0.4) is 0 Å². The number of nitrogens with one attached hydrogen (secondary N) is 1. The van der Waals surface area contributed by atoms with Crippen molar-refractivity contribution in [3.05, 3.63) is 38.6 Å². The molecule has 1 aromatic heterocycles. The molecule has 1 aromatic carbocycles. The second-order valence-electron chi connectivity index (χ2n) is 3.60. The minimum absolute atomic E-state index is 0. The summed E-state index contributed by atoms with van der Waals surface area (Å²) in [6.45, 7) is 0.927. The number of hydrogen-bond acceptors (Lipinski definition) is 3. The van der Waals surface area contributed by atoms with Gasteiger partial charge in [0.05, 0.1) is 15.7 Å². The van der Waals surface area contributed by atoms with Crippen LogP contribution in [0.4, 0.5) is 0 Å². The molecule has 0 amide bonds. The first-order valence-corrected chi connectivity index (χ1v) is 6.88. The topological polar surface area (TPSA) is 24.9 Å². The molecule has 0 aliphatic rings. The molecule has 98 valence electrons. The zero-order valence-electron chi connectivity index (χ0n) is 9.74. The van der Waals surface area contributed by atoms with E-state index in [0.29, 0.717) is 10.0 Å². The van der Waals surface area contributed by atoms with Gasteiger partial charge in [-0.05, 0) is 25.2 Å². The molecule has 0 aliphatic heterocycles. The minimum atomic E-state index is 0. The van der Waals surface area contributed by atoms with Crippen LogP contribution in [0.1, 0.15) is 5.01 Å². The third kappa shape index (κ3) is 3.84. The van der Waals surface area contributed by atoms with E-state index in [-0.39, 0.29) is 12.4 Å². The molecule has 1 heterocycles. The predicted octanol–water partition coefficient (Wildman–Crippen LogP) is 4.30. The van der Waals surface area contributed by atoms with Crippen LogP contribution in [0, 0.1) is 0 Å². The number of halogens is 3. The van der Waals surface area contributed by atoms with Crippen LogP contribution in [-0.2, 0) is 6.42 Å². The van der Waals surface area contributed by atoms with Gasteiger partial charge in [0.25, 0.3) is 0 Å². The van der Waals surface area contributed by atoms with Gasteiger partial charge in [0.15, 0.2) is 0 Å². The van der Waals surface area contributed by atoms with E-state index in [2.05, 4.69) is 10.3 Å². The molecule has 0 saturated carbocycles. The van der Waals surface area contributed by atoms with E-state index in [0.717, 1.165) is 29.2 Å². The van der Waals surface area contributed by atoms with E-state index < -0.39 is 0 Å². The molecule has 2 aromatic rings. The summed E-state index contributed by atoms with van der Waals surface area (Å²) >= 11 is 13.7. The molecule has 1 N–H and O–H groups in total. The number of benzene rings is 1. The van der Waals surface area contributed by atoms with E-state index in [9.17, 15) is 0 Å². The van der Waals surface area contributed by atoms with Gasteiger partial charge in [-0.3, -0.25) is 0 Å². The molecule has 0 unspecified atom stereocenters. The van der Waals surface area contributed by atoms with Crippen LogP contribution in [-0.4, -0.2) is 18.6 Å². The summed E-state index contributed by atoms with van der Waals surface area (Å²) in [7, 11) is 1.93. The first-order chi connectivity index (χ1) is 8.20. The molecule has 0 fully saturated rings. The lowest BCUT2D eigenvalue weighted by Gasteiger charge is -2.01. The summed E-state index contributed by atoms with van der Waals surface area (Å²) in [6.07, 6.45) is 0.930. The lowest BCUT2D eigenvalue weighted by Crippen LogP contribution is -2.09. The van der Waals surface area contributed by atoms with E-state index in [4.69, 9.17) is 23.2 Å². The van der Waals surface area contributed by atoms with Gasteiger partial charge in [-0.15, -0.1) is 23.7 Å². The lowest BCUT2D eigenvalue weighted by atomic mass is 10.2. The average molecular weight is 324 g/mol. The average Bonchev–Trinajstić information content (AvgIpc) is 2.78. The summed E-state index contributed by atoms with van der Waals surface area (Å²) in [5, 5.41) is 7.58. The number of rotatable bonds is 4. The van der Waals surface area contributed by atoms with Crippen molar-refractivity contribution in [2.45, 2.75) is 6.42 Å². The van der Waals surface area contributed by atoms with Gasteiger partial charge in [0, 0.05) is 28.9 Å². The van der Waals surface area contributed by atoms with Gasteiger partial charge in [-0.25, -0.2) is 4.98 Å². The van der Waals surface area contributed by atoms with Gasteiger partial charge in [0.2, 0.25) is 0 Å². The number of thiazole rings is 1. The first kappa shape index (κ1) is 15.7. The highest BCUT2D eigenvalue weighted by atomic mass is 35.5. The Morgan fingerprint density at radius 3 is 2.83 bits per heavy atom. The third-order valence-electron chi connectivity index (χ3n) is 2.34. The highest BCUT2D eigenvalue weighted by molar-refractivity contribution is 7.09. The molecule has 2 rings (SSSR count). The maximum absolute atomic E-state index is 6.14. The number of aromatic nitrogens is 1. The number of likely N-dealkylation sites (N-methyl/N-ethyl adjacent to an activating group) is 1. The van der Waals surface area contributed by atoms with Crippen molar-refractivity contribution >= 4 is 46.9 Å². The second kappa shape index (κ2) is 7.31. The maximum atomic E-state index is 6.14. The fourth-order valence-corrected chi connectivity index (χ4v) is 2.66. The Kier molecular flexibility index (Phi) is 6.39. The first-order valence-electron chi connectivity index (χ1n) is 5.25. The highest BCUT2D eigenvalue weighted by Crippen LogP contribution is 2.31. The van der Waals surface area contributed by atoms with Gasteiger partial charge in [0.1, 0.15) is 0 Å². The SMILES string of the molecule is CNCCc1nc(-c2cc(Cl)ccc2Cl)cs1.Cl. The van der Waals surface area contributed by atoms with Crippen molar-refractivity contribution in [3.63, 3.8) is 0 Å². The molecule has 2 nitrogen and oxygen atoms in total. The standard InChI is InChI=1S/C12H12Cl2N2S.ClH/c1-15-5-4-12-16-11(7-17-12)9-6-8(13)2-3-10(9)14;/h2-3,6-7,15H,4-5H2,1H3;1H. The van der Waals surface area contributed by atoms with E-state index in [1.165, 1.54) is 0 Å². The Morgan fingerprint density at radius 1 is 1.33 bits per heavy atom. The predicted molar refractivity (Wildman–Crippen MR) is 82.4 cm³/mol. The quantitative estimate of drug-likeness (QED) is 0.907. The molecule has 0 bridgehead atoms. The molecule has 0 radical (unpaired) electrons. The normalized spacial score (nSPS) is 10.2. The Bertz CT molecular complexity index is 514. The van der Waals surface area contributed by atoms with Crippen molar-refractivity contribution in [2.24, 2.45) is 0 Å². The monoisotopic (exact) mass is 322 g/mol. The van der Waals surface area contributed by atoms with Crippen LogP contribution < -0.4 is 5.32 Å². The molecular weight excluding hydrogens is 311 g/mol. The fourth-order valence-electron chi connectivity index (χ4n) is 1.48. The smallest absolute Gasteiger partial charge is 0.0945 e. The largest absolute Gasteiger partial charge is 0.319 e. The number of hydrogen-bond donors (Lipinski definition) is 1. The zero-order valence-corrected chi connectivity index (χ0v) is 12.9. The van der Waals surface area contributed by atoms with Gasteiger partial charge >= 0.3 is 0 Å². The Hall–Kier alpha value is -0.320. The Labute approximate surface area is 127 Å². The summed E-state index contributed by atoms with van der Waals surface area (Å²) in [5.74, 6) is 0. The molecule has 0 spiro atoms. The molecule has 6 heteroatoms. The fraction of sp³-hybridized carbons (Fsp3) is 0.250. The van der Waals surface area contributed by atoms with Crippen LogP contribution in [0.2, 0.25) is 10.0 Å². The zero-order chi connectivity index (χ0) is 12.3. The third-order valence-corrected chi connectivity index (χ3v) is 3.82. The second-order valence-corrected chi connectivity index (χ2v) is 5.39. The van der Waals surface area contributed by atoms with E-state index in [1.54, 1.807) is 23.5 Å². The maximum Gasteiger partial charge on any atom is 0.0945 e. The van der Waals surface area contributed by atoms with Crippen molar-refractivity contribution < 1.29 is 0 Å². The molecule has 0 aliphatic carbocycles. The van der Waals surface area contributed by atoms with Crippen LogP contribution >= 0.6 is 46.9 Å². The number of nitrogens with zero attached hydrogens (tertiary/aromatic N) is 1. The summed E-state index contributed by atoms with van der Waals surface area (Å²) in [4.78, 5) is 4.56. The Balaban J connectivity index is 0.00000162. The van der Waals surface area contributed by atoms with Crippen LogP contribution in [0.5, 0.6) is 0 Å². The van der Waals surface area contributed by atoms with Gasteiger partial charge in [-0.1, -0.05) is 23.2 Å². The lowest BCUT2D eigenvalue weighted by molar-refractivity contribution is 0.788. The van der Waals surface area contributed by atoms with Crippen LogP contribution in [0.25, 0.3) is 11.3 Å². The van der Waals surface area contributed by atoms with Crippen molar-refractivity contribution in [3.8, 4) is 11.3 Å². The van der Waals surface area contributed by atoms with Crippen molar-refractivity contribution in [1.29, 1.82) is 0 Å². The minimum Gasteiger partial charge on any atom is -0.319 e. The summed E-state index contributed by atoms with van der Waals surface area (Å²) in [5.41, 5.74) is 1.79. The van der Waals surface area contributed by atoms with Crippen molar-refractivity contribution in [2.75, 3.05) is 13.6 Å². The summed E-state index contributed by atoms with van der Waals surface area (Å²) in [6, 6.07) is 5.42. The molecule has 0 saturated heterocycles. The summed E-state index contributed by atoms with van der Waals surface area (Å²) < 4.78 is 0. The van der Waals surface area contributed by atoms with Gasteiger partial charge < -0.3 is 5.32 Å². The van der Waals surface area contributed by atoms with E-state index >= 15 is 0 Å². The van der Waals surface area contributed by atoms with E-state index in [1.807, 2.05) is 18.5 Å². The Morgan fingerprint density at radius 2 is 2.11 bits per heavy atom. The van der Waals surface area contributed by atoms with Crippen molar-refractivity contribution in [1.82, 2.24) is 10.3 Å².